The van der Waals surface area contributed by atoms with Crippen LogP contribution in [0, 0.1) is 12.8 Å². The number of hydrogen-bond donors (Lipinski definition) is 1. The van der Waals surface area contributed by atoms with Gasteiger partial charge in [0.05, 0.1) is 12.0 Å². The number of cyclic esters (lactones) is 1. The van der Waals surface area contributed by atoms with Crippen LogP contribution in [-0.4, -0.2) is 64.9 Å². The fraction of sp³-hybridized carbons (Fsp3) is 0.324. The van der Waals surface area contributed by atoms with Crippen molar-refractivity contribution in [2.45, 2.75) is 58.1 Å². The zero-order chi connectivity index (χ0) is 33.1. The van der Waals surface area contributed by atoms with Crippen molar-refractivity contribution in [2.75, 3.05) is 13.2 Å². The molecule has 1 fully saturated rings. The number of ether oxygens (including phenoxy) is 2. The van der Waals surface area contributed by atoms with Crippen LogP contribution < -0.4 is 0 Å². The number of aliphatic hydroxyl groups is 1. The third kappa shape index (κ3) is 9.08. The van der Waals surface area contributed by atoms with Gasteiger partial charge in [0.25, 0.3) is 0 Å². The third-order valence-corrected chi connectivity index (χ3v) is 7.80. The van der Waals surface area contributed by atoms with Crippen molar-refractivity contribution < 1.29 is 38.6 Å². The minimum absolute atomic E-state index is 0.0244. The molecule has 1 N–H and O–H groups in total. The molecule has 0 aromatic heterocycles. The van der Waals surface area contributed by atoms with Crippen LogP contribution in [0.4, 0.5) is 4.79 Å². The van der Waals surface area contributed by atoms with Gasteiger partial charge in [-0.25, -0.2) is 9.69 Å². The fourth-order valence-electron chi connectivity index (χ4n) is 5.55. The number of esters is 1. The highest BCUT2D eigenvalue weighted by molar-refractivity contribution is 6.25. The summed E-state index contributed by atoms with van der Waals surface area (Å²) in [6, 6.07) is 24.7. The molecule has 0 radical (unpaired) electrons. The summed E-state index contributed by atoms with van der Waals surface area (Å²) in [6.45, 7) is 2.90. The number of carbonyl (C=O) groups is 5. The molecule has 0 aliphatic carbocycles. The van der Waals surface area contributed by atoms with E-state index in [1.807, 2.05) is 49.4 Å². The molecule has 3 aromatic rings. The Balaban J connectivity index is 1.76. The first-order valence-electron chi connectivity index (χ1n) is 15.4. The number of allylic oxidation sites excluding steroid dienone is 1. The molecule has 9 nitrogen and oxygen atoms in total. The molecular weight excluding hydrogens is 586 g/mol. The second kappa shape index (κ2) is 16.4. The van der Waals surface area contributed by atoms with E-state index in [1.54, 1.807) is 42.5 Å². The van der Waals surface area contributed by atoms with Crippen molar-refractivity contribution in [2.24, 2.45) is 5.92 Å². The van der Waals surface area contributed by atoms with Gasteiger partial charge in [0.1, 0.15) is 6.61 Å². The van der Waals surface area contributed by atoms with Crippen molar-refractivity contribution in [3.05, 3.63) is 113 Å². The number of imide groups is 1. The minimum atomic E-state index is -1.64. The number of carbonyl (C=O) groups excluding carboxylic acids is 5. The average Bonchev–Trinajstić information content (AvgIpc) is 3.41. The molecule has 0 saturated carbocycles. The molecule has 9 heteroatoms. The molecule has 1 aliphatic heterocycles. The van der Waals surface area contributed by atoms with E-state index in [1.165, 1.54) is 0 Å². The van der Waals surface area contributed by atoms with E-state index in [9.17, 15) is 29.1 Å². The van der Waals surface area contributed by atoms with Gasteiger partial charge in [0, 0.05) is 25.5 Å². The maximum atomic E-state index is 14.4. The van der Waals surface area contributed by atoms with Crippen LogP contribution in [0.2, 0.25) is 0 Å². The van der Waals surface area contributed by atoms with Crippen molar-refractivity contribution in [3.63, 3.8) is 0 Å². The zero-order valence-corrected chi connectivity index (χ0v) is 26.1. The molecule has 0 bridgehead atoms. The largest absolute Gasteiger partial charge is 0.453 e. The first kappa shape index (κ1) is 34.0. The van der Waals surface area contributed by atoms with Gasteiger partial charge in [-0.1, -0.05) is 90.5 Å². The summed E-state index contributed by atoms with van der Waals surface area (Å²) in [7, 11) is 0. The minimum Gasteiger partial charge on any atom is -0.453 e. The van der Waals surface area contributed by atoms with Crippen molar-refractivity contribution in [3.8, 4) is 0 Å². The maximum absolute atomic E-state index is 14.4. The lowest BCUT2D eigenvalue weighted by Gasteiger charge is -2.29. The van der Waals surface area contributed by atoms with Gasteiger partial charge in [-0.05, 0) is 55.4 Å². The molecule has 1 aliphatic rings. The number of benzene rings is 3. The summed E-state index contributed by atoms with van der Waals surface area (Å²) in [5.41, 5.74) is 3.05. The molecular formula is C37H39NO8. The molecule has 4 rings (SSSR count). The Kier molecular flexibility index (Phi) is 12.1. The Morgan fingerprint density at radius 2 is 1.63 bits per heavy atom. The summed E-state index contributed by atoms with van der Waals surface area (Å²) in [5, 5.41) is 9.22. The lowest BCUT2D eigenvalue weighted by atomic mass is 9.87. The van der Waals surface area contributed by atoms with Crippen molar-refractivity contribution in [1.29, 1.82) is 0 Å². The summed E-state index contributed by atoms with van der Waals surface area (Å²) >= 11 is 0. The summed E-state index contributed by atoms with van der Waals surface area (Å²) in [4.78, 5) is 68.4. The second-order valence-electron chi connectivity index (χ2n) is 11.4. The van der Waals surface area contributed by atoms with E-state index in [0.717, 1.165) is 29.0 Å². The Bertz CT molecular complexity index is 1570. The third-order valence-electron chi connectivity index (χ3n) is 7.80. The van der Waals surface area contributed by atoms with Crippen LogP contribution in [0.3, 0.4) is 0 Å². The number of aliphatic hydroxyl groups excluding tert-OH is 1. The lowest BCUT2D eigenvalue weighted by Crippen LogP contribution is -2.49. The topological polar surface area (TPSA) is 127 Å². The fourth-order valence-corrected chi connectivity index (χ4v) is 5.55. The smallest absolute Gasteiger partial charge is 0.416 e. The molecule has 3 unspecified atom stereocenters. The van der Waals surface area contributed by atoms with Gasteiger partial charge in [-0.15, -0.1) is 0 Å². The molecule has 1 saturated heterocycles. The van der Waals surface area contributed by atoms with Gasteiger partial charge in [0.15, 0.2) is 17.7 Å². The van der Waals surface area contributed by atoms with E-state index in [2.05, 4.69) is 0 Å². The first-order valence-corrected chi connectivity index (χ1v) is 15.4. The Labute approximate surface area is 268 Å². The predicted molar refractivity (Wildman–Crippen MR) is 171 cm³/mol. The normalized spacial score (nSPS) is 16.0. The number of ketones is 2. The summed E-state index contributed by atoms with van der Waals surface area (Å²) in [6.07, 6.45) is -0.118. The Morgan fingerprint density at radius 1 is 0.957 bits per heavy atom. The van der Waals surface area contributed by atoms with E-state index in [-0.39, 0.29) is 37.4 Å². The summed E-state index contributed by atoms with van der Waals surface area (Å²) in [5.74, 6) is -3.91. The van der Waals surface area contributed by atoms with Gasteiger partial charge in [0.2, 0.25) is 5.91 Å². The molecule has 2 amide bonds. The number of rotatable bonds is 15. The van der Waals surface area contributed by atoms with Crippen LogP contribution in [0.1, 0.15) is 48.4 Å². The van der Waals surface area contributed by atoms with Crippen LogP contribution >= 0.6 is 0 Å². The second-order valence-corrected chi connectivity index (χ2v) is 11.4. The highest BCUT2D eigenvalue weighted by atomic mass is 16.6. The number of unbranched alkanes of at least 4 members (excludes halogenated alkanes) is 1. The van der Waals surface area contributed by atoms with E-state index in [4.69, 9.17) is 9.47 Å². The molecule has 1 heterocycles. The van der Waals surface area contributed by atoms with Crippen LogP contribution in [0.25, 0.3) is 5.57 Å². The van der Waals surface area contributed by atoms with E-state index < -0.39 is 41.8 Å². The van der Waals surface area contributed by atoms with E-state index in [0.29, 0.717) is 30.4 Å². The van der Waals surface area contributed by atoms with E-state index >= 15 is 0 Å². The number of aryl methyl sites for hydroxylation is 1. The number of amides is 2. The number of nitrogens with zero attached hydrogens (tertiary/aromatic N) is 1. The quantitative estimate of drug-likeness (QED) is 0.141. The molecule has 46 heavy (non-hydrogen) atoms. The SMILES string of the molecule is CC(=O)OC(C(=O)C=C(C(=O)CCCCO)c1cccc(C)c1)C(Cc1ccccc1)C(=O)N1C(=O)OCC1Cc1ccccc1. The summed E-state index contributed by atoms with van der Waals surface area (Å²) < 4.78 is 10.9. The molecule has 0 spiro atoms. The first-order chi connectivity index (χ1) is 22.2. The lowest BCUT2D eigenvalue weighted by molar-refractivity contribution is -0.158. The van der Waals surface area contributed by atoms with Crippen molar-refractivity contribution >= 4 is 35.1 Å². The molecule has 3 atom stereocenters. The van der Waals surface area contributed by atoms with Crippen LogP contribution in [0.15, 0.2) is 91.0 Å². The van der Waals surface area contributed by atoms with Gasteiger partial charge in [-0.2, -0.15) is 0 Å². The average molecular weight is 626 g/mol. The monoisotopic (exact) mass is 625 g/mol. The number of Topliss-reactive ketones (excluding diaryl/α,β-unsaturated/α-hetero) is 1. The van der Waals surface area contributed by atoms with Crippen LogP contribution in [0.5, 0.6) is 0 Å². The highest BCUT2D eigenvalue weighted by Crippen LogP contribution is 2.27. The number of hydrogen-bond acceptors (Lipinski definition) is 8. The van der Waals surface area contributed by atoms with Gasteiger partial charge in [-0.3, -0.25) is 19.2 Å². The van der Waals surface area contributed by atoms with Gasteiger partial charge < -0.3 is 14.6 Å². The predicted octanol–water partition coefficient (Wildman–Crippen LogP) is 5.06. The van der Waals surface area contributed by atoms with Crippen LogP contribution in [-0.2, 0) is 41.5 Å². The van der Waals surface area contributed by atoms with Gasteiger partial charge >= 0.3 is 12.1 Å². The van der Waals surface area contributed by atoms with Crippen molar-refractivity contribution in [1.82, 2.24) is 4.90 Å². The Hall–Kier alpha value is -4.89. The highest BCUT2D eigenvalue weighted by Gasteiger charge is 2.45. The standard InChI is InChI=1S/C37H39NO8/c1-25-12-11-17-29(20-25)31(33(41)18-9-10-19-39)23-34(42)35(46-26(2)40)32(22-28-15-7-4-8-16-28)36(43)38-30(24-45-37(38)44)21-27-13-5-3-6-14-27/h3-8,11-17,20,23,30,32,35,39H,9-10,18-19,21-22,24H2,1-2H3. The maximum Gasteiger partial charge on any atom is 0.416 e. The zero-order valence-electron chi connectivity index (χ0n) is 26.1. The molecule has 3 aromatic carbocycles. The molecule has 240 valence electrons. The Morgan fingerprint density at radius 3 is 2.26 bits per heavy atom.